The van der Waals surface area contributed by atoms with Gasteiger partial charge in [0.1, 0.15) is 0 Å². The molecular formula is C20H22N2O5S. The lowest BCUT2D eigenvalue weighted by Gasteiger charge is -2.14. The number of carbonyl (C=O) groups is 2. The summed E-state index contributed by atoms with van der Waals surface area (Å²) in [6, 6.07) is 11.4. The number of hydrogen-bond acceptors (Lipinski definition) is 5. The molecule has 1 aliphatic rings. The average molecular weight is 402 g/mol. The predicted molar refractivity (Wildman–Crippen MR) is 104 cm³/mol. The summed E-state index contributed by atoms with van der Waals surface area (Å²) >= 11 is 0. The number of benzene rings is 2. The summed E-state index contributed by atoms with van der Waals surface area (Å²) in [5.74, 6) is -0.990. The van der Waals surface area contributed by atoms with Crippen LogP contribution in [0.1, 0.15) is 30.0 Å². The summed E-state index contributed by atoms with van der Waals surface area (Å²) in [5, 5.41) is 7.60. The zero-order valence-electron chi connectivity index (χ0n) is 15.5. The fourth-order valence-electron chi connectivity index (χ4n) is 3.17. The number of carbonyl (C=O) groups excluding carboxylic acids is 2. The van der Waals surface area contributed by atoms with Gasteiger partial charge in [-0.05, 0) is 67.1 Å². The molecule has 0 heterocycles. The van der Waals surface area contributed by atoms with E-state index in [1.807, 2.05) is 18.2 Å². The van der Waals surface area contributed by atoms with E-state index in [-0.39, 0.29) is 11.3 Å². The highest BCUT2D eigenvalue weighted by molar-refractivity contribution is 7.89. The van der Waals surface area contributed by atoms with Crippen LogP contribution in [0.5, 0.6) is 0 Å². The summed E-state index contributed by atoms with van der Waals surface area (Å²) in [5.41, 5.74) is 3.85. The molecule has 0 unspecified atom stereocenters. The van der Waals surface area contributed by atoms with E-state index in [0.29, 0.717) is 5.69 Å². The van der Waals surface area contributed by atoms with Crippen molar-refractivity contribution < 1.29 is 22.7 Å². The summed E-state index contributed by atoms with van der Waals surface area (Å²) in [6.07, 6.45) is 2.36. The van der Waals surface area contributed by atoms with Gasteiger partial charge in [-0.1, -0.05) is 18.2 Å². The predicted octanol–water partition coefficient (Wildman–Crippen LogP) is 1.94. The van der Waals surface area contributed by atoms with Crippen molar-refractivity contribution >= 4 is 27.6 Å². The number of primary sulfonamides is 1. The molecule has 148 valence electrons. The lowest BCUT2D eigenvalue weighted by molar-refractivity contribution is -0.152. The molecule has 0 bridgehead atoms. The monoisotopic (exact) mass is 402 g/mol. The van der Waals surface area contributed by atoms with Crippen LogP contribution in [0.3, 0.4) is 0 Å². The molecule has 0 aliphatic heterocycles. The lowest BCUT2D eigenvalue weighted by atomic mass is 10.0. The smallest absolute Gasteiger partial charge is 0.311 e. The van der Waals surface area contributed by atoms with Crippen LogP contribution in [0.4, 0.5) is 5.69 Å². The van der Waals surface area contributed by atoms with Crippen LogP contribution in [0.25, 0.3) is 0 Å². The zero-order valence-corrected chi connectivity index (χ0v) is 16.3. The van der Waals surface area contributed by atoms with Crippen molar-refractivity contribution in [2.24, 2.45) is 5.14 Å². The Morgan fingerprint density at radius 3 is 2.46 bits per heavy atom. The van der Waals surface area contributed by atoms with E-state index in [9.17, 15) is 18.0 Å². The fourth-order valence-corrected chi connectivity index (χ4v) is 3.68. The Morgan fingerprint density at radius 2 is 1.79 bits per heavy atom. The first-order valence-corrected chi connectivity index (χ1v) is 10.5. The Kier molecular flexibility index (Phi) is 5.81. The Hall–Kier alpha value is -2.71. The fraction of sp³-hybridized carbons (Fsp3) is 0.300. The molecule has 28 heavy (non-hydrogen) atoms. The number of fused-ring (bicyclic) bond motifs is 1. The number of anilines is 1. The molecule has 0 saturated carbocycles. The van der Waals surface area contributed by atoms with E-state index in [2.05, 4.69) is 5.32 Å². The molecule has 0 spiro atoms. The van der Waals surface area contributed by atoms with Crippen LogP contribution < -0.4 is 10.5 Å². The van der Waals surface area contributed by atoms with Gasteiger partial charge in [0.2, 0.25) is 10.0 Å². The van der Waals surface area contributed by atoms with Crippen LogP contribution >= 0.6 is 0 Å². The summed E-state index contributed by atoms with van der Waals surface area (Å²) in [4.78, 5) is 24.3. The van der Waals surface area contributed by atoms with Crippen molar-refractivity contribution in [3.8, 4) is 0 Å². The highest BCUT2D eigenvalue weighted by Crippen LogP contribution is 2.23. The molecule has 2 aromatic rings. The second-order valence-corrected chi connectivity index (χ2v) is 8.39. The molecule has 1 amide bonds. The third kappa shape index (κ3) is 4.96. The summed E-state index contributed by atoms with van der Waals surface area (Å²) in [6.45, 7) is 1.48. The van der Waals surface area contributed by atoms with Crippen molar-refractivity contribution in [3.05, 3.63) is 59.2 Å². The highest BCUT2D eigenvalue weighted by atomic mass is 32.2. The summed E-state index contributed by atoms with van der Waals surface area (Å²) < 4.78 is 27.7. The molecule has 0 saturated heterocycles. The molecule has 1 aliphatic carbocycles. The van der Waals surface area contributed by atoms with Gasteiger partial charge in [-0.15, -0.1) is 0 Å². The second kappa shape index (κ2) is 8.12. The van der Waals surface area contributed by atoms with Crippen LogP contribution in [-0.2, 0) is 43.6 Å². The first-order chi connectivity index (χ1) is 13.2. The van der Waals surface area contributed by atoms with Gasteiger partial charge in [-0.3, -0.25) is 9.59 Å². The van der Waals surface area contributed by atoms with Crippen molar-refractivity contribution in [3.63, 3.8) is 0 Å². The van der Waals surface area contributed by atoms with Crippen molar-refractivity contribution in [1.82, 2.24) is 0 Å². The Morgan fingerprint density at radius 1 is 1.11 bits per heavy atom. The van der Waals surface area contributed by atoms with Gasteiger partial charge < -0.3 is 10.1 Å². The van der Waals surface area contributed by atoms with Gasteiger partial charge in [-0.2, -0.15) is 0 Å². The lowest BCUT2D eigenvalue weighted by Crippen LogP contribution is -2.30. The Balaban J connectivity index is 1.54. The Bertz CT molecular complexity index is 1000. The molecule has 1 atom stereocenters. The number of nitrogens with one attached hydrogen (secondary N) is 1. The van der Waals surface area contributed by atoms with Crippen LogP contribution in [0, 0.1) is 0 Å². The van der Waals surface area contributed by atoms with Gasteiger partial charge in [0.25, 0.3) is 5.91 Å². The van der Waals surface area contributed by atoms with Gasteiger partial charge in [0, 0.05) is 5.69 Å². The molecule has 2 aromatic carbocycles. The van der Waals surface area contributed by atoms with Crippen molar-refractivity contribution in [2.75, 3.05) is 5.32 Å². The third-order valence-corrected chi connectivity index (χ3v) is 5.57. The maximum absolute atomic E-state index is 12.2. The van der Waals surface area contributed by atoms with Crippen LogP contribution in [0.15, 0.2) is 47.4 Å². The van der Waals surface area contributed by atoms with Gasteiger partial charge in [-0.25, -0.2) is 13.6 Å². The highest BCUT2D eigenvalue weighted by Gasteiger charge is 2.19. The molecule has 3 N–H and O–H groups in total. The number of aryl methyl sites for hydroxylation is 2. The molecule has 0 radical (unpaired) electrons. The van der Waals surface area contributed by atoms with Crippen molar-refractivity contribution in [2.45, 2.75) is 43.6 Å². The summed E-state index contributed by atoms with van der Waals surface area (Å²) in [7, 11) is -3.80. The number of amides is 1. The minimum Gasteiger partial charge on any atom is -0.452 e. The van der Waals surface area contributed by atoms with E-state index in [1.165, 1.54) is 42.3 Å². The quantitative estimate of drug-likeness (QED) is 0.717. The molecule has 3 rings (SSSR count). The normalized spacial score (nSPS) is 14.2. The van der Waals surface area contributed by atoms with Crippen LogP contribution in [0.2, 0.25) is 0 Å². The Labute approximate surface area is 163 Å². The zero-order chi connectivity index (χ0) is 20.3. The first kappa shape index (κ1) is 20.0. The van der Waals surface area contributed by atoms with E-state index < -0.39 is 28.0 Å². The topological polar surface area (TPSA) is 116 Å². The van der Waals surface area contributed by atoms with E-state index in [1.54, 1.807) is 0 Å². The van der Waals surface area contributed by atoms with Gasteiger partial charge in [0.15, 0.2) is 6.10 Å². The van der Waals surface area contributed by atoms with E-state index in [4.69, 9.17) is 9.88 Å². The number of rotatable bonds is 6. The number of hydrogen-bond donors (Lipinski definition) is 2. The minimum absolute atomic E-state index is 0.0562. The number of esters is 1. The van der Waals surface area contributed by atoms with E-state index >= 15 is 0 Å². The average Bonchev–Trinajstić information content (AvgIpc) is 3.09. The standard InChI is InChI=1S/C20H22N2O5S/c1-13(20(24)22-17-7-9-18(10-8-17)28(21,25)26)27-19(23)12-14-5-6-15-3-2-4-16(15)11-14/h5-11,13H,2-4,12H2,1H3,(H,22,24)(H2,21,25,26)/t13-/m1/s1. The number of sulfonamides is 1. The maximum atomic E-state index is 12.2. The molecule has 0 aromatic heterocycles. The van der Waals surface area contributed by atoms with E-state index in [0.717, 1.165) is 24.8 Å². The van der Waals surface area contributed by atoms with Gasteiger partial charge in [0.05, 0.1) is 11.3 Å². The largest absolute Gasteiger partial charge is 0.452 e. The number of ether oxygens (including phenoxy) is 1. The first-order valence-electron chi connectivity index (χ1n) is 8.96. The molecule has 8 heteroatoms. The molecular weight excluding hydrogens is 380 g/mol. The van der Waals surface area contributed by atoms with Gasteiger partial charge >= 0.3 is 5.97 Å². The molecule has 7 nitrogen and oxygen atoms in total. The third-order valence-electron chi connectivity index (χ3n) is 4.64. The second-order valence-electron chi connectivity index (χ2n) is 6.82. The van der Waals surface area contributed by atoms with Crippen molar-refractivity contribution in [1.29, 1.82) is 0 Å². The van der Waals surface area contributed by atoms with Crippen LogP contribution in [-0.4, -0.2) is 26.4 Å². The molecule has 0 fully saturated rings. The SMILES string of the molecule is C[C@@H](OC(=O)Cc1ccc2c(c1)CCC2)C(=O)Nc1ccc(S(N)(=O)=O)cc1. The number of nitrogens with two attached hydrogens (primary N) is 1. The minimum atomic E-state index is -3.80. The maximum Gasteiger partial charge on any atom is 0.311 e.